The fraction of sp³-hybridized carbons (Fsp3) is 0.417. The molecule has 0 radical (unpaired) electrons. The van der Waals surface area contributed by atoms with Crippen molar-refractivity contribution in [3.63, 3.8) is 0 Å². The van der Waals surface area contributed by atoms with E-state index in [9.17, 15) is 34.8 Å². The van der Waals surface area contributed by atoms with Gasteiger partial charge < -0.3 is 0 Å². The molecule has 1 aromatic carbocycles. The minimum absolute atomic E-state index is 0.544. The summed E-state index contributed by atoms with van der Waals surface area (Å²) in [6.07, 6.45) is -5.31. The summed E-state index contributed by atoms with van der Waals surface area (Å²) in [4.78, 5) is 9.90. The van der Waals surface area contributed by atoms with E-state index in [4.69, 9.17) is 0 Å². The molecule has 0 aromatic heterocycles. The Bertz CT molecular complexity index is 859. The lowest BCUT2D eigenvalue weighted by atomic mass is 10.1. The second-order valence-electron chi connectivity index (χ2n) is 5.06. The Morgan fingerprint density at radius 2 is 1.38 bits per heavy atom. The van der Waals surface area contributed by atoms with E-state index in [0.29, 0.717) is 16.4 Å². The molecule has 0 saturated carbocycles. The van der Waals surface area contributed by atoms with Gasteiger partial charge in [-0.15, -0.1) is 0 Å². The Labute approximate surface area is 137 Å². The van der Waals surface area contributed by atoms with Crippen molar-refractivity contribution >= 4 is 25.8 Å². The summed E-state index contributed by atoms with van der Waals surface area (Å²) in [5, 5.41) is 0. The van der Waals surface area contributed by atoms with Gasteiger partial charge >= 0.3 is 6.18 Å². The molecule has 0 aliphatic carbocycles. The SMILES string of the molecule is CN(C)S(=O)(=O)c1ccc(C(=O)C(F)(F)F)c(S(=O)(=O)N(C)C)c1. The van der Waals surface area contributed by atoms with Crippen molar-refractivity contribution in [2.24, 2.45) is 0 Å². The van der Waals surface area contributed by atoms with Crippen LogP contribution < -0.4 is 0 Å². The minimum Gasteiger partial charge on any atom is -0.284 e. The summed E-state index contributed by atoms with van der Waals surface area (Å²) >= 11 is 0. The van der Waals surface area contributed by atoms with Crippen LogP contribution in [0.25, 0.3) is 0 Å². The van der Waals surface area contributed by atoms with Gasteiger partial charge in [0.1, 0.15) is 0 Å². The van der Waals surface area contributed by atoms with Crippen LogP contribution in [0.1, 0.15) is 10.4 Å². The fourth-order valence-corrected chi connectivity index (χ4v) is 3.74. The number of hydrogen-bond acceptors (Lipinski definition) is 5. The highest BCUT2D eigenvalue weighted by Crippen LogP contribution is 2.29. The summed E-state index contributed by atoms with van der Waals surface area (Å²) in [7, 11) is -4.16. The number of halogens is 3. The molecule has 12 heteroatoms. The maximum Gasteiger partial charge on any atom is 0.454 e. The summed E-state index contributed by atoms with van der Waals surface area (Å²) in [5.41, 5.74) is -1.14. The van der Waals surface area contributed by atoms with Crippen LogP contribution >= 0.6 is 0 Å². The third-order valence-electron chi connectivity index (χ3n) is 2.99. The zero-order valence-corrected chi connectivity index (χ0v) is 14.8. The van der Waals surface area contributed by atoms with Gasteiger partial charge in [-0.2, -0.15) is 13.2 Å². The molecule has 0 spiro atoms. The number of nitrogens with zero attached hydrogens (tertiary/aromatic N) is 2. The van der Waals surface area contributed by atoms with Crippen molar-refractivity contribution < 1.29 is 34.8 Å². The van der Waals surface area contributed by atoms with Gasteiger partial charge in [0.2, 0.25) is 20.0 Å². The number of hydrogen-bond donors (Lipinski definition) is 0. The molecule has 136 valence electrons. The molecule has 0 fully saturated rings. The van der Waals surface area contributed by atoms with Gasteiger partial charge in [-0.3, -0.25) is 4.79 Å². The first kappa shape index (κ1) is 20.5. The fourth-order valence-electron chi connectivity index (χ4n) is 1.62. The van der Waals surface area contributed by atoms with Crippen LogP contribution in [-0.2, 0) is 20.0 Å². The average Bonchev–Trinajstić information content (AvgIpc) is 2.44. The van der Waals surface area contributed by atoms with Crippen molar-refractivity contribution in [2.45, 2.75) is 16.0 Å². The van der Waals surface area contributed by atoms with Gasteiger partial charge in [-0.1, -0.05) is 0 Å². The van der Waals surface area contributed by atoms with Gasteiger partial charge in [0.05, 0.1) is 9.79 Å². The smallest absolute Gasteiger partial charge is 0.284 e. The second kappa shape index (κ2) is 6.43. The van der Waals surface area contributed by atoms with Crippen molar-refractivity contribution in [3.05, 3.63) is 23.8 Å². The van der Waals surface area contributed by atoms with E-state index in [2.05, 4.69) is 0 Å². The minimum atomic E-state index is -5.31. The number of sulfonamides is 2. The van der Waals surface area contributed by atoms with E-state index >= 15 is 0 Å². The van der Waals surface area contributed by atoms with Crippen LogP contribution in [0.2, 0.25) is 0 Å². The number of rotatable bonds is 5. The number of alkyl halides is 3. The predicted molar refractivity (Wildman–Crippen MR) is 78.6 cm³/mol. The first-order valence-corrected chi connectivity index (χ1v) is 9.12. The van der Waals surface area contributed by atoms with Crippen LogP contribution in [0.5, 0.6) is 0 Å². The standard InChI is InChI=1S/C12H15F3N2O5S2/c1-16(2)23(19,20)8-5-6-9(11(18)12(13,14)15)10(7-8)24(21,22)17(3)4/h5-7H,1-4H3. The van der Waals surface area contributed by atoms with Gasteiger partial charge in [0.25, 0.3) is 5.78 Å². The number of carbonyl (C=O) groups is 1. The van der Waals surface area contributed by atoms with E-state index in [1.165, 1.54) is 14.1 Å². The lowest BCUT2D eigenvalue weighted by Gasteiger charge is -2.18. The van der Waals surface area contributed by atoms with Gasteiger partial charge in [-0.25, -0.2) is 25.4 Å². The van der Waals surface area contributed by atoms with Crippen LogP contribution in [0.3, 0.4) is 0 Å². The number of ketones is 1. The van der Waals surface area contributed by atoms with E-state index in [1.807, 2.05) is 0 Å². The molecule has 0 amide bonds. The average molecular weight is 388 g/mol. The predicted octanol–water partition coefficient (Wildman–Crippen LogP) is 0.932. The molecule has 0 unspecified atom stereocenters. The normalized spacial score (nSPS) is 13.5. The summed E-state index contributed by atoms with van der Waals surface area (Å²) in [6.45, 7) is 0. The number of Topliss-reactive ketones (excluding diaryl/α,β-unsaturated/α-hetero) is 1. The van der Waals surface area contributed by atoms with Crippen LogP contribution in [0.15, 0.2) is 28.0 Å². The van der Waals surface area contributed by atoms with Gasteiger partial charge in [0, 0.05) is 33.8 Å². The van der Waals surface area contributed by atoms with E-state index in [0.717, 1.165) is 24.5 Å². The Morgan fingerprint density at radius 3 is 1.75 bits per heavy atom. The molecule has 7 nitrogen and oxygen atoms in total. The monoisotopic (exact) mass is 388 g/mol. The number of carbonyl (C=O) groups excluding carboxylic acids is 1. The third-order valence-corrected chi connectivity index (χ3v) is 6.66. The highest BCUT2D eigenvalue weighted by molar-refractivity contribution is 7.90. The number of benzene rings is 1. The van der Waals surface area contributed by atoms with Gasteiger partial charge in [0.15, 0.2) is 0 Å². The van der Waals surface area contributed by atoms with Crippen molar-refractivity contribution in [1.82, 2.24) is 8.61 Å². The van der Waals surface area contributed by atoms with Crippen LogP contribution in [-0.4, -0.2) is 65.6 Å². The summed E-state index contributed by atoms with van der Waals surface area (Å²) in [6, 6.07) is 1.84. The zero-order valence-electron chi connectivity index (χ0n) is 13.1. The molecule has 1 aromatic rings. The first-order chi connectivity index (χ1) is 10.6. The first-order valence-electron chi connectivity index (χ1n) is 6.24. The topological polar surface area (TPSA) is 91.8 Å². The maximum absolute atomic E-state index is 12.7. The molecule has 0 aliphatic rings. The summed E-state index contributed by atoms with van der Waals surface area (Å²) < 4.78 is 88.0. The molecule has 24 heavy (non-hydrogen) atoms. The largest absolute Gasteiger partial charge is 0.454 e. The van der Waals surface area contributed by atoms with Gasteiger partial charge in [-0.05, 0) is 18.2 Å². The molecular weight excluding hydrogens is 373 g/mol. The van der Waals surface area contributed by atoms with Crippen molar-refractivity contribution in [1.29, 1.82) is 0 Å². The molecule has 0 atom stereocenters. The Kier molecular flexibility index (Phi) is 5.50. The molecule has 0 N–H and O–H groups in total. The lowest BCUT2D eigenvalue weighted by Crippen LogP contribution is -2.29. The second-order valence-corrected chi connectivity index (χ2v) is 9.33. The Morgan fingerprint density at radius 1 is 0.917 bits per heavy atom. The zero-order chi connectivity index (χ0) is 19.1. The van der Waals surface area contributed by atoms with Crippen molar-refractivity contribution in [3.8, 4) is 0 Å². The van der Waals surface area contributed by atoms with E-state index in [-0.39, 0.29) is 0 Å². The molecule has 0 heterocycles. The third kappa shape index (κ3) is 3.77. The van der Waals surface area contributed by atoms with Crippen LogP contribution in [0.4, 0.5) is 13.2 Å². The highest BCUT2D eigenvalue weighted by atomic mass is 32.2. The van der Waals surface area contributed by atoms with E-state index in [1.54, 1.807) is 0 Å². The van der Waals surface area contributed by atoms with E-state index < -0.39 is 47.4 Å². The summed E-state index contributed by atoms with van der Waals surface area (Å²) in [5.74, 6) is -2.38. The molecule has 0 aliphatic heterocycles. The van der Waals surface area contributed by atoms with Crippen LogP contribution in [0, 0.1) is 0 Å². The quantitative estimate of drug-likeness (QED) is 0.700. The Balaban J connectivity index is 3.81. The maximum atomic E-state index is 12.7. The Hall–Kier alpha value is -1.50. The molecule has 0 saturated heterocycles. The van der Waals surface area contributed by atoms with Crippen molar-refractivity contribution in [2.75, 3.05) is 28.2 Å². The lowest BCUT2D eigenvalue weighted by molar-refractivity contribution is -0.0887. The highest BCUT2D eigenvalue weighted by Gasteiger charge is 2.42. The molecule has 0 bridgehead atoms. The molecular formula is C12H15F3N2O5S2. The molecule has 1 rings (SSSR count).